The van der Waals surface area contributed by atoms with E-state index in [0.717, 1.165) is 0 Å². The van der Waals surface area contributed by atoms with Crippen molar-refractivity contribution in [2.45, 2.75) is 0 Å². The number of aromatic carboxylic acids is 1. The number of pyridine rings is 1. The maximum Gasteiger partial charge on any atom is 1.00 e. The molecule has 0 atom stereocenters. The summed E-state index contributed by atoms with van der Waals surface area (Å²) in [5, 5.41) is 9.05. The van der Waals surface area contributed by atoms with E-state index in [-0.39, 0.29) is 69.9 Å². The van der Waals surface area contributed by atoms with Crippen molar-refractivity contribution in [1.82, 2.24) is 15.0 Å². The Kier molecular flexibility index (Phi) is 5.83. The van der Waals surface area contributed by atoms with Crippen molar-refractivity contribution in [3.8, 4) is 17.4 Å². The summed E-state index contributed by atoms with van der Waals surface area (Å²) < 4.78 is 4.95. The van der Waals surface area contributed by atoms with E-state index in [9.17, 15) is 4.79 Å². The predicted molar refractivity (Wildman–Crippen MR) is 59.9 cm³/mol. The number of ether oxygens (including phenoxy) is 1. The van der Waals surface area contributed by atoms with Gasteiger partial charge >= 0.3 is 57.4 Å². The Morgan fingerprint density at radius 3 is 2.56 bits per heavy atom. The molecule has 0 radical (unpaired) electrons. The van der Waals surface area contributed by atoms with Gasteiger partial charge in [0.1, 0.15) is 5.69 Å². The molecule has 0 spiro atoms. The zero-order valence-electron chi connectivity index (χ0n) is 11.0. The van der Waals surface area contributed by atoms with E-state index in [0.29, 0.717) is 5.88 Å². The number of aromatic nitrogens is 3. The molecule has 0 bridgehead atoms. The molecule has 0 fully saturated rings. The van der Waals surface area contributed by atoms with Crippen LogP contribution in [-0.2, 0) is 0 Å². The van der Waals surface area contributed by atoms with E-state index in [1.165, 1.54) is 31.6 Å². The number of hydrogen-bond donors (Lipinski definition) is 1. The fraction of sp³-hybridized carbons (Fsp3) is 0.0909. The second-order valence-electron chi connectivity index (χ2n) is 3.13. The third kappa shape index (κ3) is 3.33. The molecule has 2 aromatic rings. The number of methoxy groups -OCH3 is 1. The first-order valence-electron chi connectivity index (χ1n) is 4.78. The molecule has 0 saturated carbocycles. The first-order chi connectivity index (χ1) is 8.22. The minimum atomic E-state index is -1.08. The first kappa shape index (κ1) is 15.2. The predicted octanol–water partition coefficient (Wildman–Crippen LogP) is -1.64. The van der Waals surface area contributed by atoms with Gasteiger partial charge < -0.3 is 11.3 Å². The Hall–Kier alpha value is -0.864. The van der Waals surface area contributed by atoms with Crippen molar-refractivity contribution in [2.24, 2.45) is 0 Å². The topological polar surface area (TPSA) is 85.2 Å². The third-order valence-corrected chi connectivity index (χ3v) is 2.09. The summed E-state index contributed by atoms with van der Waals surface area (Å²) in [5.41, 5.74) is 0.231. The molecule has 2 rings (SSSR count). The number of carbonyl (C=O) groups is 1. The van der Waals surface area contributed by atoms with Gasteiger partial charge in [0, 0.05) is 18.5 Å². The fourth-order valence-electron chi connectivity index (χ4n) is 1.32. The van der Waals surface area contributed by atoms with Gasteiger partial charge in [-0.25, -0.2) is 19.7 Å². The molecule has 1 N–H and O–H groups in total. The Morgan fingerprint density at radius 1 is 1.33 bits per heavy atom. The maximum atomic E-state index is 11.1. The maximum absolute atomic E-state index is 11.1. The SMILES string of the molecule is COc1ccc(C(=O)O)c(-c2ncccn2)n1.[H-].[K+]. The molecule has 6 nitrogen and oxygen atoms in total. The van der Waals surface area contributed by atoms with Crippen LogP contribution < -0.4 is 56.1 Å². The van der Waals surface area contributed by atoms with Crippen LogP contribution in [0.2, 0.25) is 0 Å². The van der Waals surface area contributed by atoms with Crippen molar-refractivity contribution in [3.05, 3.63) is 36.2 Å². The quantitative estimate of drug-likeness (QED) is 0.674. The normalized spacial score (nSPS) is 9.39. The van der Waals surface area contributed by atoms with Gasteiger partial charge in [-0.15, -0.1) is 0 Å². The Labute approximate surface area is 147 Å². The van der Waals surface area contributed by atoms with E-state index in [4.69, 9.17) is 9.84 Å². The third-order valence-electron chi connectivity index (χ3n) is 2.09. The van der Waals surface area contributed by atoms with Gasteiger partial charge in [-0.2, -0.15) is 0 Å². The van der Waals surface area contributed by atoms with Gasteiger partial charge in [-0.1, -0.05) is 0 Å². The standard InChI is InChI=1S/C11H9N3O3.K.H/c1-17-8-4-3-7(11(15)16)9(14-8)10-12-5-2-6-13-10;;/h2-6H,1H3,(H,15,16);;/q;+1;-1. The largest absolute Gasteiger partial charge is 1.00 e. The molecular formula is C11H10KN3O3. The average molecular weight is 271 g/mol. The number of hydrogen-bond acceptors (Lipinski definition) is 5. The van der Waals surface area contributed by atoms with Crippen LogP contribution in [0.25, 0.3) is 11.5 Å². The van der Waals surface area contributed by atoms with Gasteiger partial charge in [0.25, 0.3) is 0 Å². The summed E-state index contributed by atoms with van der Waals surface area (Å²) >= 11 is 0. The van der Waals surface area contributed by atoms with Crippen LogP contribution in [0.4, 0.5) is 0 Å². The molecule has 0 saturated heterocycles. The number of rotatable bonds is 3. The summed E-state index contributed by atoms with van der Waals surface area (Å²) in [6.45, 7) is 0. The number of carboxylic acids is 1. The summed E-state index contributed by atoms with van der Waals surface area (Å²) in [4.78, 5) is 23.1. The van der Waals surface area contributed by atoms with E-state index in [2.05, 4.69) is 15.0 Å². The summed E-state index contributed by atoms with van der Waals surface area (Å²) in [5.74, 6) is -0.510. The van der Waals surface area contributed by atoms with Crippen LogP contribution in [0.5, 0.6) is 5.88 Å². The number of carboxylic acid groups (broad SMARTS) is 1. The van der Waals surface area contributed by atoms with Gasteiger partial charge in [0.05, 0.1) is 12.7 Å². The Balaban J connectivity index is 0.00000162. The van der Waals surface area contributed by atoms with Crippen LogP contribution in [0.3, 0.4) is 0 Å². The van der Waals surface area contributed by atoms with E-state index in [1.54, 1.807) is 6.07 Å². The van der Waals surface area contributed by atoms with Crippen molar-refractivity contribution in [3.63, 3.8) is 0 Å². The van der Waals surface area contributed by atoms with Crippen molar-refractivity contribution >= 4 is 5.97 Å². The summed E-state index contributed by atoms with van der Waals surface area (Å²) in [6, 6.07) is 4.54. The van der Waals surface area contributed by atoms with Gasteiger partial charge in [0.15, 0.2) is 5.82 Å². The first-order valence-corrected chi connectivity index (χ1v) is 4.78. The van der Waals surface area contributed by atoms with Crippen molar-refractivity contribution in [2.75, 3.05) is 7.11 Å². The smallest absolute Gasteiger partial charge is 1.00 e. The number of nitrogens with zero attached hydrogens (tertiary/aromatic N) is 3. The zero-order valence-corrected chi connectivity index (χ0v) is 13.1. The molecule has 18 heavy (non-hydrogen) atoms. The monoisotopic (exact) mass is 271 g/mol. The minimum Gasteiger partial charge on any atom is -1.00 e. The van der Waals surface area contributed by atoms with Crippen LogP contribution >= 0.6 is 0 Å². The Bertz CT molecular complexity index is 554. The van der Waals surface area contributed by atoms with E-state index in [1.807, 2.05) is 0 Å². The van der Waals surface area contributed by atoms with Crippen LogP contribution in [0.1, 0.15) is 11.8 Å². The van der Waals surface area contributed by atoms with Gasteiger partial charge in [-0.3, -0.25) is 0 Å². The summed E-state index contributed by atoms with van der Waals surface area (Å²) in [6.07, 6.45) is 3.05. The summed E-state index contributed by atoms with van der Waals surface area (Å²) in [7, 11) is 1.46. The molecule has 0 aliphatic rings. The molecule has 0 aromatic carbocycles. The van der Waals surface area contributed by atoms with Crippen LogP contribution in [0, 0.1) is 0 Å². The zero-order chi connectivity index (χ0) is 12.3. The van der Waals surface area contributed by atoms with E-state index < -0.39 is 5.97 Å². The molecule has 7 heteroatoms. The van der Waals surface area contributed by atoms with Crippen molar-refractivity contribution < 1.29 is 67.4 Å². The average Bonchev–Trinajstić information content (AvgIpc) is 2.39. The molecule has 0 aliphatic heterocycles. The van der Waals surface area contributed by atoms with Gasteiger partial charge in [0.2, 0.25) is 5.88 Å². The fourth-order valence-corrected chi connectivity index (χ4v) is 1.32. The second kappa shape index (κ2) is 6.91. The van der Waals surface area contributed by atoms with Crippen LogP contribution in [-0.4, -0.2) is 33.1 Å². The molecular weight excluding hydrogens is 261 g/mol. The molecule has 0 aliphatic carbocycles. The van der Waals surface area contributed by atoms with Crippen LogP contribution in [0.15, 0.2) is 30.6 Å². The van der Waals surface area contributed by atoms with E-state index >= 15 is 0 Å². The molecule has 88 valence electrons. The molecule has 2 aromatic heterocycles. The van der Waals surface area contributed by atoms with Gasteiger partial charge in [-0.05, 0) is 12.1 Å². The van der Waals surface area contributed by atoms with Crippen molar-refractivity contribution in [1.29, 1.82) is 0 Å². The Morgan fingerprint density at radius 2 is 2.00 bits per heavy atom. The second-order valence-corrected chi connectivity index (χ2v) is 3.13. The molecule has 0 amide bonds. The molecule has 2 heterocycles. The molecule has 0 unspecified atom stereocenters. The minimum absolute atomic E-state index is 0.